The van der Waals surface area contributed by atoms with Crippen molar-refractivity contribution >= 4 is 23.8 Å². The predicted octanol–water partition coefficient (Wildman–Crippen LogP) is -0.599. The summed E-state index contributed by atoms with van der Waals surface area (Å²) in [5, 5.41) is 13.8. The first-order valence-electron chi connectivity index (χ1n) is 6.39. The fourth-order valence-corrected chi connectivity index (χ4v) is 1.89. The zero-order valence-electron chi connectivity index (χ0n) is 11.5. The first kappa shape index (κ1) is 15.9. The van der Waals surface area contributed by atoms with Crippen molar-refractivity contribution in [1.82, 2.24) is 15.5 Å². The number of rotatable bonds is 7. The van der Waals surface area contributed by atoms with Gasteiger partial charge in [-0.3, -0.25) is 19.3 Å². The van der Waals surface area contributed by atoms with Crippen molar-refractivity contribution in [2.75, 3.05) is 19.6 Å². The number of nitrogens with zero attached hydrogens (tertiary/aromatic N) is 1. The second kappa shape index (κ2) is 6.88. The molecule has 112 valence electrons. The lowest BCUT2D eigenvalue weighted by molar-refractivity contribution is -0.142. The van der Waals surface area contributed by atoms with Crippen molar-refractivity contribution in [1.29, 1.82) is 0 Å². The molecule has 20 heavy (non-hydrogen) atoms. The van der Waals surface area contributed by atoms with Crippen molar-refractivity contribution in [3.63, 3.8) is 0 Å². The van der Waals surface area contributed by atoms with E-state index in [-0.39, 0.29) is 19.0 Å². The fourth-order valence-electron chi connectivity index (χ4n) is 1.89. The van der Waals surface area contributed by atoms with Crippen LogP contribution >= 0.6 is 0 Å². The molecule has 0 bridgehead atoms. The predicted molar refractivity (Wildman–Crippen MR) is 68.7 cm³/mol. The Morgan fingerprint density at radius 3 is 2.50 bits per heavy atom. The summed E-state index contributed by atoms with van der Waals surface area (Å²) in [6, 6.07) is -0.609. The number of amides is 4. The Hall–Kier alpha value is -2.12. The molecular formula is C12H19N3O5. The van der Waals surface area contributed by atoms with E-state index in [0.717, 1.165) is 4.90 Å². The van der Waals surface area contributed by atoms with Gasteiger partial charge in [0.05, 0.1) is 12.5 Å². The summed E-state index contributed by atoms with van der Waals surface area (Å²) in [5.74, 6) is -2.48. The molecule has 0 spiro atoms. The quantitative estimate of drug-likeness (QED) is 0.540. The smallest absolute Gasteiger partial charge is 0.325 e. The number of imide groups is 1. The maximum atomic E-state index is 11.6. The number of carbonyl (C=O) groups is 4. The van der Waals surface area contributed by atoms with Gasteiger partial charge in [0.1, 0.15) is 6.54 Å². The molecule has 0 aromatic heterocycles. The van der Waals surface area contributed by atoms with Gasteiger partial charge in [0, 0.05) is 6.54 Å². The van der Waals surface area contributed by atoms with E-state index >= 15 is 0 Å². The zero-order valence-corrected chi connectivity index (χ0v) is 11.5. The summed E-state index contributed by atoms with van der Waals surface area (Å²) in [4.78, 5) is 46.0. The topological polar surface area (TPSA) is 116 Å². The third kappa shape index (κ3) is 4.52. The van der Waals surface area contributed by atoms with Crippen LogP contribution in [0, 0.1) is 11.8 Å². The lowest BCUT2D eigenvalue weighted by Crippen LogP contribution is -2.43. The Morgan fingerprint density at radius 2 is 2.05 bits per heavy atom. The molecule has 0 aliphatic carbocycles. The van der Waals surface area contributed by atoms with Gasteiger partial charge in [-0.25, -0.2) is 4.79 Å². The van der Waals surface area contributed by atoms with Crippen LogP contribution in [0.15, 0.2) is 0 Å². The van der Waals surface area contributed by atoms with E-state index in [9.17, 15) is 19.2 Å². The molecule has 0 aromatic carbocycles. The number of carboxylic acids is 1. The minimum absolute atomic E-state index is 0.0179. The van der Waals surface area contributed by atoms with E-state index < -0.39 is 36.3 Å². The van der Waals surface area contributed by atoms with Crippen LogP contribution in [0.2, 0.25) is 0 Å². The van der Waals surface area contributed by atoms with Crippen LogP contribution in [0.25, 0.3) is 0 Å². The second-order valence-electron chi connectivity index (χ2n) is 5.11. The van der Waals surface area contributed by atoms with Crippen LogP contribution in [0.5, 0.6) is 0 Å². The molecule has 8 nitrogen and oxygen atoms in total. The highest BCUT2D eigenvalue weighted by Gasteiger charge is 2.30. The SMILES string of the molecule is CC(C)CC(CNC(=O)CN1C(=O)CNC1=O)C(=O)O. The highest BCUT2D eigenvalue weighted by atomic mass is 16.4. The summed E-state index contributed by atoms with van der Waals surface area (Å²) in [6.07, 6.45) is 0.443. The van der Waals surface area contributed by atoms with E-state index in [1.807, 2.05) is 13.8 Å². The second-order valence-corrected chi connectivity index (χ2v) is 5.11. The number of carbonyl (C=O) groups excluding carboxylic acids is 3. The van der Waals surface area contributed by atoms with Crippen molar-refractivity contribution in [2.24, 2.45) is 11.8 Å². The van der Waals surface area contributed by atoms with Gasteiger partial charge in [0.25, 0.3) is 5.91 Å². The maximum absolute atomic E-state index is 11.6. The van der Waals surface area contributed by atoms with Crippen molar-refractivity contribution in [3.8, 4) is 0 Å². The maximum Gasteiger partial charge on any atom is 0.325 e. The van der Waals surface area contributed by atoms with E-state index in [1.165, 1.54) is 0 Å². The first-order chi connectivity index (χ1) is 9.31. The van der Waals surface area contributed by atoms with Crippen LogP contribution in [-0.2, 0) is 14.4 Å². The minimum Gasteiger partial charge on any atom is -0.481 e. The van der Waals surface area contributed by atoms with E-state index in [4.69, 9.17) is 5.11 Å². The first-order valence-corrected chi connectivity index (χ1v) is 6.39. The molecule has 0 radical (unpaired) electrons. The van der Waals surface area contributed by atoms with Gasteiger partial charge in [-0.05, 0) is 12.3 Å². The molecule has 1 atom stereocenters. The van der Waals surface area contributed by atoms with Crippen LogP contribution in [0.3, 0.4) is 0 Å². The van der Waals surface area contributed by atoms with E-state index in [0.29, 0.717) is 6.42 Å². The van der Waals surface area contributed by atoms with E-state index in [2.05, 4.69) is 10.6 Å². The molecule has 0 saturated carbocycles. The molecule has 1 unspecified atom stereocenters. The highest BCUT2D eigenvalue weighted by molar-refractivity contribution is 6.04. The average molecular weight is 285 g/mol. The molecule has 3 N–H and O–H groups in total. The van der Waals surface area contributed by atoms with Crippen molar-refractivity contribution in [3.05, 3.63) is 0 Å². The zero-order chi connectivity index (χ0) is 15.3. The summed E-state index contributed by atoms with van der Waals surface area (Å²) in [6.45, 7) is 3.27. The molecule has 0 aromatic rings. The summed E-state index contributed by atoms with van der Waals surface area (Å²) in [7, 11) is 0. The number of hydrogen-bond donors (Lipinski definition) is 3. The lowest BCUT2D eigenvalue weighted by atomic mass is 9.97. The lowest BCUT2D eigenvalue weighted by Gasteiger charge is -2.17. The minimum atomic E-state index is -0.978. The third-order valence-corrected chi connectivity index (χ3v) is 2.89. The van der Waals surface area contributed by atoms with Gasteiger partial charge in [0.2, 0.25) is 5.91 Å². The van der Waals surface area contributed by atoms with Crippen LogP contribution in [0.1, 0.15) is 20.3 Å². The van der Waals surface area contributed by atoms with Gasteiger partial charge >= 0.3 is 12.0 Å². The molecule has 1 fully saturated rings. The number of carboxylic acid groups (broad SMARTS) is 1. The number of hydrogen-bond acceptors (Lipinski definition) is 4. The monoisotopic (exact) mass is 285 g/mol. The Morgan fingerprint density at radius 1 is 1.40 bits per heavy atom. The Bertz CT molecular complexity index is 405. The van der Waals surface area contributed by atoms with Gasteiger partial charge in [-0.2, -0.15) is 0 Å². The van der Waals surface area contributed by atoms with Crippen LogP contribution in [0.4, 0.5) is 4.79 Å². The number of aliphatic carboxylic acids is 1. The van der Waals surface area contributed by atoms with Crippen molar-refractivity contribution in [2.45, 2.75) is 20.3 Å². The molecular weight excluding hydrogens is 266 g/mol. The highest BCUT2D eigenvalue weighted by Crippen LogP contribution is 2.11. The average Bonchev–Trinajstić information content (AvgIpc) is 2.65. The number of nitrogens with one attached hydrogen (secondary N) is 2. The molecule has 4 amide bonds. The Labute approximate surface area is 116 Å². The third-order valence-electron chi connectivity index (χ3n) is 2.89. The summed E-state index contributed by atoms with van der Waals surface area (Å²) >= 11 is 0. The molecule has 1 rings (SSSR count). The van der Waals surface area contributed by atoms with Gasteiger partial charge in [-0.1, -0.05) is 13.8 Å². The van der Waals surface area contributed by atoms with Gasteiger partial charge in [-0.15, -0.1) is 0 Å². The molecule has 1 saturated heterocycles. The van der Waals surface area contributed by atoms with Crippen molar-refractivity contribution < 1.29 is 24.3 Å². The molecule has 8 heteroatoms. The fraction of sp³-hybridized carbons (Fsp3) is 0.667. The standard InChI is InChI=1S/C12H19N3O5/c1-7(2)3-8(11(18)19)4-13-9(16)6-15-10(17)5-14-12(15)20/h7-8H,3-6H2,1-2H3,(H,13,16)(H,14,20)(H,18,19). The summed E-state index contributed by atoms with van der Waals surface area (Å²) in [5.41, 5.74) is 0. The van der Waals surface area contributed by atoms with Crippen LogP contribution in [-0.4, -0.2) is 53.5 Å². The Kier molecular flexibility index (Phi) is 5.48. The van der Waals surface area contributed by atoms with Gasteiger partial charge < -0.3 is 15.7 Å². The van der Waals surface area contributed by atoms with Gasteiger partial charge in [0.15, 0.2) is 0 Å². The van der Waals surface area contributed by atoms with Crippen LogP contribution < -0.4 is 10.6 Å². The molecule has 1 heterocycles. The number of urea groups is 1. The molecule has 1 aliphatic rings. The normalized spacial score (nSPS) is 16.2. The molecule has 1 aliphatic heterocycles. The van der Waals surface area contributed by atoms with E-state index in [1.54, 1.807) is 0 Å². The summed E-state index contributed by atoms with van der Waals surface area (Å²) < 4.78 is 0. The largest absolute Gasteiger partial charge is 0.481 e. The Balaban J connectivity index is 2.43.